The highest BCUT2D eigenvalue weighted by Crippen LogP contribution is 2.17. The Bertz CT molecular complexity index is 561. The van der Waals surface area contributed by atoms with Gasteiger partial charge in [0, 0.05) is 30.5 Å². The van der Waals surface area contributed by atoms with Crippen molar-refractivity contribution in [2.45, 2.75) is 39.4 Å². The maximum Gasteiger partial charge on any atom is 0.127 e. The molecule has 1 heterocycles. The minimum absolute atomic E-state index is 0.00652. The van der Waals surface area contributed by atoms with Gasteiger partial charge in [-0.25, -0.2) is 4.39 Å². The summed E-state index contributed by atoms with van der Waals surface area (Å²) in [7, 11) is 0. The monoisotopic (exact) mass is 291 g/mol. The first-order chi connectivity index (χ1) is 9.92. The second kappa shape index (κ2) is 6.72. The first kappa shape index (κ1) is 15.5. The van der Waals surface area contributed by atoms with Crippen molar-refractivity contribution in [1.82, 2.24) is 15.1 Å². The van der Waals surface area contributed by atoms with Crippen LogP contribution in [0.2, 0.25) is 0 Å². The molecule has 0 aliphatic carbocycles. The van der Waals surface area contributed by atoms with E-state index < -0.39 is 0 Å². The van der Waals surface area contributed by atoms with Crippen molar-refractivity contribution in [3.8, 4) is 5.75 Å². The molecule has 1 N–H and O–H groups in total. The van der Waals surface area contributed by atoms with Crippen LogP contribution in [0.5, 0.6) is 5.75 Å². The van der Waals surface area contributed by atoms with Crippen LogP contribution in [-0.2, 0) is 13.1 Å². The number of halogens is 1. The highest BCUT2D eigenvalue weighted by Gasteiger charge is 2.09. The maximum atomic E-state index is 13.6. The molecule has 4 nitrogen and oxygen atoms in total. The molecule has 1 aromatic carbocycles. The smallest absolute Gasteiger partial charge is 0.127 e. The third kappa shape index (κ3) is 5.55. The Balaban J connectivity index is 1.91. The van der Waals surface area contributed by atoms with Crippen molar-refractivity contribution < 1.29 is 9.13 Å². The fourth-order valence-corrected chi connectivity index (χ4v) is 1.86. The highest BCUT2D eigenvalue weighted by atomic mass is 19.1. The summed E-state index contributed by atoms with van der Waals surface area (Å²) in [6.07, 6.45) is 3.59. The number of nitrogens with one attached hydrogen (secondary N) is 1. The molecule has 0 bridgehead atoms. The van der Waals surface area contributed by atoms with E-state index in [0.717, 1.165) is 5.56 Å². The lowest BCUT2D eigenvalue weighted by atomic mass is 10.1. The van der Waals surface area contributed by atoms with E-state index in [-0.39, 0.29) is 11.4 Å². The molecule has 0 unspecified atom stereocenters. The standard InChI is InChI=1S/C16H22FN3O/c1-16(2,3)18-12-13-9-14(17)11-15(10-13)21-8-7-20-6-4-5-19-20/h4-6,9-11,18H,7-8,12H2,1-3H3. The topological polar surface area (TPSA) is 39.1 Å². The first-order valence-corrected chi connectivity index (χ1v) is 7.07. The second-order valence-corrected chi connectivity index (χ2v) is 6.02. The molecule has 5 heteroatoms. The summed E-state index contributed by atoms with van der Waals surface area (Å²) in [5.41, 5.74) is 0.868. The normalized spacial score (nSPS) is 11.6. The van der Waals surface area contributed by atoms with E-state index in [4.69, 9.17) is 4.74 Å². The SMILES string of the molecule is CC(C)(C)NCc1cc(F)cc(OCCn2cccn2)c1. The summed E-state index contributed by atoms with van der Waals surface area (Å²) < 4.78 is 21.0. The highest BCUT2D eigenvalue weighted by molar-refractivity contribution is 5.29. The lowest BCUT2D eigenvalue weighted by molar-refractivity contribution is 0.289. The third-order valence-electron chi connectivity index (χ3n) is 2.90. The molecule has 114 valence electrons. The van der Waals surface area contributed by atoms with Gasteiger partial charge in [-0.1, -0.05) is 0 Å². The fourth-order valence-electron chi connectivity index (χ4n) is 1.86. The van der Waals surface area contributed by atoms with Crippen LogP contribution in [0.4, 0.5) is 4.39 Å². The molecule has 0 aliphatic heterocycles. The number of aromatic nitrogens is 2. The van der Waals surface area contributed by atoms with Gasteiger partial charge in [-0.05, 0) is 44.5 Å². The lowest BCUT2D eigenvalue weighted by Gasteiger charge is -2.20. The Hall–Kier alpha value is -1.88. The Kier molecular flexibility index (Phi) is 4.96. The van der Waals surface area contributed by atoms with E-state index in [1.165, 1.54) is 12.1 Å². The number of hydrogen-bond donors (Lipinski definition) is 1. The van der Waals surface area contributed by atoms with Crippen molar-refractivity contribution in [3.05, 3.63) is 48.0 Å². The van der Waals surface area contributed by atoms with Gasteiger partial charge in [-0.3, -0.25) is 4.68 Å². The van der Waals surface area contributed by atoms with E-state index >= 15 is 0 Å². The van der Waals surface area contributed by atoms with Crippen molar-refractivity contribution in [3.63, 3.8) is 0 Å². The van der Waals surface area contributed by atoms with Crippen LogP contribution in [-0.4, -0.2) is 21.9 Å². The number of benzene rings is 1. The summed E-state index contributed by atoms with van der Waals surface area (Å²) in [6, 6.07) is 6.66. The molecular weight excluding hydrogens is 269 g/mol. The van der Waals surface area contributed by atoms with E-state index in [1.54, 1.807) is 10.9 Å². The minimum Gasteiger partial charge on any atom is -0.492 e. The van der Waals surface area contributed by atoms with Gasteiger partial charge in [0.1, 0.15) is 18.2 Å². The van der Waals surface area contributed by atoms with Gasteiger partial charge in [-0.2, -0.15) is 5.10 Å². The number of nitrogens with zero attached hydrogens (tertiary/aromatic N) is 2. The Labute approximate surface area is 124 Å². The molecule has 0 fully saturated rings. The van der Waals surface area contributed by atoms with Gasteiger partial charge in [-0.15, -0.1) is 0 Å². The zero-order chi connectivity index (χ0) is 15.3. The van der Waals surface area contributed by atoms with Gasteiger partial charge in [0.15, 0.2) is 0 Å². The van der Waals surface area contributed by atoms with Crippen molar-refractivity contribution in [2.24, 2.45) is 0 Å². The van der Waals surface area contributed by atoms with E-state index in [0.29, 0.717) is 25.4 Å². The molecule has 2 rings (SSSR count). The quantitative estimate of drug-likeness (QED) is 0.889. The zero-order valence-electron chi connectivity index (χ0n) is 12.8. The Morgan fingerprint density at radius 1 is 1.29 bits per heavy atom. The first-order valence-electron chi connectivity index (χ1n) is 7.07. The van der Waals surface area contributed by atoms with Crippen LogP contribution in [0.1, 0.15) is 26.3 Å². The van der Waals surface area contributed by atoms with Gasteiger partial charge in [0.2, 0.25) is 0 Å². The summed E-state index contributed by atoms with van der Waals surface area (Å²) in [5.74, 6) is 0.269. The number of hydrogen-bond acceptors (Lipinski definition) is 3. The molecule has 0 radical (unpaired) electrons. The van der Waals surface area contributed by atoms with Crippen LogP contribution in [0, 0.1) is 5.82 Å². The van der Waals surface area contributed by atoms with E-state index in [2.05, 4.69) is 31.2 Å². The Morgan fingerprint density at radius 2 is 2.10 bits per heavy atom. The average Bonchev–Trinajstić information content (AvgIpc) is 2.88. The number of rotatable bonds is 6. The molecule has 21 heavy (non-hydrogen) atoms. The number of ether oxygens (including phenoxy) is 1. The predicted molar refractivity (Wildman–Crippen MR) is 80.7 cm³/mol. The van der Waals surface area contributed by atoms with Crippen molar-refractivity contribution >= 4 is 0 Å². The minimum atomic E-state index is -0.280. The van der Waals surface area contributed by atoms with E-state index in [9.17, 15) is 4.39 Å². The molecule has 0 saturated carbocycles. The molecule has 1 aromatic heterocycles. The molecule has 0 atom stereocenters. The molecule has 2 aromatic rings. The fraction of sp³-hybridized carbons (Fsp3) is 0.438. The lowest BCUT2D eigenvalue weighted by Crippen LogP contribution is -2.35. The van der Waals surface area contributed by atoms with Gasteiger partial charge in [0.05, 0.1) is 6.54 Å². The van der Waals surface area contributed by atoms with Crippen molar-refractivity contribution in [2.75, 3.05) is 6.61 Å². The zero-order valence-corrected chi connectivity index (χ0v) is 12.8. The van der Waals surface area contributed by atoms with Gasteiger partial charge >= 0.3 is 0 Å². The van der Waals surface area contributed by atoms with Gasteiger partial charge < -0.3 is 10.1 Å². The molecule has 0 aliphatic rings. The van der Waals surface area contributed by atoms with Crippen LogP contribution >= 0.6 is 0 Å². The van der Waals surface area contributed by atoms with Crippen LogP contribution in [0.3, 0.4) is 0 Å². The summed E-state index contributed by atoms with van der Waals surface area (Å²) >= 11 is 0. The average molecular weight is 291 g/mol. The third-order valence-corrected chi connectivity index (χ3v) is 2.90. The Morgan fingerprint density at radius 3 is 2.76 bits per heavy atom. The van der Waals surface area contributed by atoms with Crippen LogP contribution in [0.25, 0.3) is 0 Å². The van der Waals surface area contributed by atoms with E-state index in [1.807, 2.05) is 18.3 Å². The molecule has 0 saturated heterocycles. The van der Waals surface area contributed by atoms with Crippen LogP contribution < -0.4 is 10.1 Å². The van der Waals surface area contributed by atoms with Gasteiger partial charge in [0.25, 0.3) is 0 Å². The van der Waals surface area contributed by atoms with Crippen LogP contribution in [0.15, 0.2) is 36.7 Å². The second-order valence-electron chi connectivity index (χ2n) is 6.02. The predicted octanol–water partition coefficient (Wildman–Crippen LogP) is 2.99. The van der Waals surface area contributed by atoms with Crippen molar-refractivity contribution in [1.29, 1.82) is 0 Å². The maximum absolute atomic E-state index is 13.6. The molecule has 0 spiro atoms. The summed E-state index contributed by atoms with van der Waals surface area (Å²) in [5, 5.41) is 7.43. The summed E-state index contributed by atoms with van der Waals surface area (Å²) in [6.45, 7) is 7.93. The largest absolute Gasteiger partial charge is 0.492 e. The molecule has 0 amide bonds. The molecular formula is C16H22FN3O. The summed E-state index contributed by atoms with van der Waals surface area (Å²) in [4.78, 5) is 0.